The van der Waals surface area contributed by atoms with Crippen LogP contribution in [0.4, 0.5) is 5.69 Å². The van der Waals surface area contributed by atoms with Crippen molar-refractivity contribution in [1.29, 1.82) is 0 Å². The molecule has 0 unspecified atom stereocenters. The molecule has 0 aliphatic carbocycles. The van der Waals surface area contributed by atoms with Crippen LogP contribution in [-0.4, -0.2) is 28.9 Å². The summed E-state index contributed by atoms with van der Waals surface area (Å²) in [7, 11) is 1.51. The van der Waals surface area contributed by atoms with E-state index < -0.39 is 17.7 Å². The fourth-order valence-electron chi connectivity index (χ4n) is 3.54. The van der Waals surface area contributed by atoms with Gasteiger partial charge in [0.05, 0.1) is 30.6 Å². The zero-order valence-corrected chi connectivity index (χ0v) is 16.7. The van der Waals surface area contributed by atoms with Crippen molar-refractivity contribution in [3.63, 3.8) is 0 Å². The number of amides is 1. The van der Waals surface area contributed by atoms with E-state index in [-0.39, 0.29) is 11.3 Å². The Balaban J connectivity index is 1.98. The minimum absolute atomic E-state index is 0.0318. The summed E-state index contributed by atoms with van der Waals surface area (Å²) in [4.78, 5) is 31.5. The monoisotopic (exact) mass is 420 g/mol. The van der Waals surface area contributed by atoms with Crippen LogP contribution in [-0.2, 0) is 9.59 Å². The summed E-state index contributed by atoms with van der Waals surface area (Å²) in [5.41, 5.74) is 1.35. The average molecular weight is 421 g/mol. The smallest absolute Gasteiger partial charge is 0.300 e. The van der Waals surface area contributed by atoms with Crippen molar-refractivity contribution in [2.45, 2.75) is 6.04 Å². The molecule has 1 aliphatic heterocycles. The summed E-state index contributed by atoms with van der Waals surface area (Å²) in [6.07, 6.45) is 3.07. The normalized spacial score (nSPS) is 17.9. The number of hydrogen-bond acceptors (Lipinski definition) is 5. The summed E-state index contributed by atoms with van der Waals surface area (Å²) in [5, 5.41) is 11.5. The maximum absolute atomic E-state index is 13.1. The van der Waals surface area contributed by atoms with E-state index in [4.69, 9.17) is 16.3 Å². The number of aliphatic hydroxyl groups excluding tert-OH is 1. The number of ketones is 1. The summed E-state index contributed by atoms with van der Waals surface area (Å²) >= 11 is 5.94. The summed E-state index contributed by atoms with van der Waals surface area (Å²) in [5.74, 6) is -1.34. The van der Waals surface area contributed by atoms with Crippen LogP contribution < -0.4 is 9.64 Å². The lowest BCUT2D eigenvalue weighted by Crippen LogP contribution is -2.29. The molecule has 1 fully saturated rings. The number of aromatic nitrogens is 1. The molecule has 1 aliphatic rings. The third kappa shape index (κ3) is 3.31. The second kappa shape index (κ2) is 8.00. The molecule has 7 heteroatoms. The molecule has 2 aromatic carbocycles. The molecule has 2 heterocycles. The molecule has 4 rings (SSSR count). The first-order chi connectivity index (χ1) is 14.5. The van der Waals surface area contributed by atoms with E-state index in [2.05, 4.69) is 4.98 Å². The van der Waals surface area contributed by atoms with Crippen molar-refractivity contribution in [2.24, 2.45) is 0 Å². The second-order valence-corrected chi connectivity index (χ2v) is 7.07. The van der Waals surface area contributed by atoms with E-state index in [1.165, 1.54) is 18.2 Å². The number of carbonyl (C=O) groups is 2. The maximum Gasteiger partial charge on any atom is 0.300 e. The van der Waals surface area contributed by atoms with Gasteiger partial charge in [0.15, 0.2) is 0 Å². The first-order valence-corrected chi connectivity index (χ1v) is 9.50. The number of carbonyl (C=O) groups excluding carboxylic acids is 2. The van der Waals surface area contributed by atoms with Crippen molar-refractivity contribution in [1.82, 2.24) is 4.98 Å². The van der Waals surface area contributed by atoms with Gasteiger partial charge in [-0.1, -0.05) is 29.8 Å². The Bertz CT molecular complexity index is 1140. The predicted octanol–water partition coefficient (Wildman–Crippen LogP) is 4.37. The fourth-order valence-corrected chi connectivity index (χ4v) is 3.67. The standard InChI is InChI=1S/C23H17ClN2O4/c1-30-18-7-3-2-6-17(18)20-19(21(27)14-8-10-15(24)11-9-14)22(28)23(29)26(20)16-5-4-12-25-13-16/h2-13,20,27H,1H3/t20-/m0/s1. The van der Waals surface area contributed by atoms with Crippen molar-refractivity contribution < 1.29 is 19.4 Å². The SMILES string of the molecule is COc1ccccc1[C@H]1C(=C(O)c2ccc(Cl)cc2)C(=O)C(=O)N1c1cccnc1. The maximum atomic E-state index is 13.1. The van der Waals surface area contributed by atoms with Crippen LogP contribution in [0.5, 0.6) is 5.75 Å². The van der Waals surface area contributed by atoms with Gasteiger partial charge in [0.25, 0.3) is 11.7 Å². The number of methoxy groups -OCH3 is 1. The number of aliphatic hydroxyl groups is 1. The number of para-hydroxylation sites is 1. The Morgan fingerprint density at radius 2 is 1.80 bits per heavy atom. The first-order valence-electron chi connectivity index (χ1n) is 9.13. The largest absolute Gasteiger partial charge is 0.507 e. The van der Waals surface area contributed by atoms with Gasteiger partial charge in [-0.2, -0.15) is 0 Å². The molecule has 0 spiro atoms. The number of ether oxygens (including phenoxy) is 1. The van der Waals surface area contributed by atoms with E-state index in [9.17, 15) is 14.7 Å². The van der Waals surface area contributed by atoms with Gasteiger partial charge in [0.2, 0.25) is 0 Å². The third-order valence-corrected chi connectivity index (χ3v) is 5.17. The molecule has 30 heavy (non-hydrogen) atoms. The zero-order chi connectivity index (χ0) is 21.3. The number of hydrogen-bond donors (Lipinski definition) is 1. The van der Waals surface area contributed by atoms with Crippen LogP contribution >= 0.6 is 11.6 Å². The Morgan fingerprint density at radius 1 is 1.07 bits per heavy atom. The molecule has 1 atom stereocenters. The molecular formula is C23H17ClN2O4. The van der Waals surface area contributed by atoms with Crippen molar-refractivity contribution in [3.8, 4) is 5.75 Å². The van der Waals surface area contributed by atoms with Gasteiger partial charge in [0, 0.05) is 22.3 Å². The lowest BCUT2D eigenvalue weighted by atomic mass is 9.94. The Hall–Kier alpha value is -3.64. The van der Waals surface area contributed by atoms with Gasteiger partial charge in [0.1, 0.15) is 11.5 Å². The highest BCUT2D eigenvalue weighted by Crippen LogP contribution is 2.44. The van der Waals surface area contributed by atoms with E-state index in [1.54, 1.807) is 66.9 Å². The van der Waals surface area contributed by atoms with Crippen LogP contribution in [0, 0.1) is 0 Å². The first kappa shape index (κ1) is 19.7. The van der Waals surface area contributed by atoms with E-state index in [0.717, 1.165) is 0 Å². The van der Waals surface area contributed by atoms with Gasteiger partial charge >= 0.3 is 0 Å². The zero-order valence-electron chi connectivity index (χ0n) is 15.9. The second-order valence-electron chi connectivity index (χ2n) is 6.63. The Labute approximate surface area is 178 Å². The van der Waals surface area contributed by atoms with E-state index in [0.29, 0.717) is 27.6 Å². The van der Waals surface area contributed by atoms with Crippen molar-refractivity contribution >= 4 is 34.7 Å². The number of benzene rings is 2. The van der Waals surface area contributed by atoms with Crippen LogP contribution in [0.3, 0.4) is 0 Å². The van der Waals surface area contributed by atoms with Gasteiger partial charge in [-0.25, -0.2) is 0 Å². The summed E-state index contributed by atoms with van der Waals surface area (Å²) < 4.78 is 5.48. The van der Waals surface area contributed by atoms with Gasteiger partial charge in [-0.05, 0) is 42.5 Å². The average Bonchev–Trinajstić information content (AvgIpc) is 3.04. The molecule has 1 N–H and O–H groups in total. The highest BCUT2D eigenvalue weighted by molar-refractivity contribution is 6.51. The van der Waals surface area contributed by atoms with Gasteiger partial charge in [-0.15, -0.1) is 0 Å². The van der Waals surface area contributed by atoms with Crippen molar-refractivity contribution in [3.05, 3.63) is 94.8 Å². The number of pyridine rings is 1. The molecule has 0 radical (unpaired) electrons. The molecule has 1 amide bonds. The number of halogens is 1. The molecular weight excluding hydrogens is 404 g/mol. The highest BCUT2D eigenvalue weighted by Gasteiger charge is 2.47. The van der Waals surface area contributed by atoms with E-state index >= 15 is 0 Å². The lowest BCUT2D eigenvalue weighted by Gasteiger charge is -2.26. The predicted molar refractivity (Wildman–Crippen MR) is 113 cm³/mol. The fraction of sp³-hybridized carbons (Fsp3) is 0.0870. The number of anilines is 1. The third-order valence-electron chi connectivity index (χ3n) is 4.92. The van der Waals surface area contributed by atoms with Crippen LogP contribution in [0.15, 0.2) is 78.6 Å². The molecule has 0 bridgehead atoms. The van der Waals surface area contributed by atoms with Crippen LogP contribution in [0.2, 0.25) is 5.02 Å². The molecule has 150 valence electrons. The van der Waals surface area contributed by atoms with Gasteiger partial charge < -0.3 is 9.84 Å². The van der Waals surface area contributed by atoms with Crippen LogP contribution in [0.1, 0.15) is 17.2 Å². The Kier molecular flexibility index (Phi) is 5.25. The number of nitrogens with zero attached hydrogens (tertiary/aromatic N) is 2. The lowest BCUT2D eigenvalue weighted by molar-refractivity contribution is -0.132. The molecule has 1 saturated heterocycles. The molecule has 1 aromatic heterocycles. The Morgan fingerprint density at radius 3 is 2.47 bits per heavy atom. The molecule has 3 aromatic rings. The van der Waals surface area contributed by atoms with Crippen molar-refractivity contribution in [2.75, 3.05) is 12.0 Å². The minimum atomic E-state index is -0.888. The number of Topliss-reactive ketones (excluding diaryl/α,β-unsaturated/α-hetero) is 1. The topological polar surface area (TPSA) is 79.7 Å². The molecule has 0 saturated carbocycles. The summed E-state index contributed by atoms with van der Waals surface area (Å²) in [6.45, 7) is 0. The van der Waals surface area contributed by atoms with Gasteiger partial charge in [-0.3, -0.25) is 19.5 Å². The number of rotatable bonds is 4. The van der Waals surface area contributed by atoms with Crippen LogP contribution in [0.25, 0.3) is 5.76 Å². The van der Waals surface area contributed by atoms with E-state index in [1.807, 2.05) is 0 Å². The molecule has 6 nitrogen and oxygen atoms in total. The minimum Gasteiger partial charge on any atom is -0.507 e. The highest BCUT2D eigenvalue weighted by atomic mass is 35.5. The summed E-state index contributed by atoms with van der Waals surface area (Å²) in [6, 6.07) is 15.9. The quantitative estimate of drug-likeness (QED) is 0.385.